The monoisotopic (exact) mass is 382 g/mol. The zero-order chi connectivity index (χ0) is 19.8. The Morgan fingerprint density at radius 2 is 1.86 bits per heavy atom. The molecule has 2 aromatic carbocycles. The molecule has 0 amide bonds. The van der Waals surface area contributed by atoms with Gasteiger partial charge >= 0.3 is 0 Å². The van der Waals surface area contributed by atoms with Crippen LogP contribution in [0, 0.1) is 0 Å². The third kappa shape index (κ3) is 5.16. The first kappa shape index (κ1) is 20.0. The highest BCUT2D eigenvalue weighted by Gasteiger charge is 2.15. The summed E-state index contributed by atoms with van der Waals surface area (Å²) in [7, 11) is 5.55. The summed E-state index contributed by atoms with van der Waals surface area (Å²) in [5, 5.41) is 3.50. The number of guanidine groups is 1. The Morgan fingerprint density at radius 3 is 2.54 bits per heavy atom. The standard InChI is InChI=1S/C22H30N4O2/c1-23-22(25(2)17-18-8-10-20(27-3)11-9-18)24-16-19-6-4-5-7-21(19)26-12-14-28-15-13-26/h4-11H,12-17H2,1-3H3,(H,23,24). The topological polar surface area (TPSA) is 49.3 Å². The van der Waals surface area contributed by atoms with Crippen LogP contribution in [-0.4, -0.2) is 58.4 Å². The highest BCUT2D eigenvalue weighted by molar-refractivity contribution is 5.79. The highest BCUT2D eigenvalue weighted by Crippen LogP contribution is 2.21. The van der Waals surface area contributed by atoms with Crippen molar-refractivity contribution >= 4 is 11.6 Å². The number of nitrogens with zero attached hydrogens (tertiary/aromatic N) is 3. The van der Waals surface area contributed by atoms with Gasteiger partial charge in [0.2, 0.25) is 0 Å². The normalized spacial score (nSPS) is 14.7. The number of methoxy groups -OCH3 is 1. The third-order valence-corrected chi connectivity index (χ3v) is 4.93. The lowest BCUT2D eigenvalue weighted by atomic mass is 10.1. The number of benzene rings is 2. The van der Waals surface area contributed by atoms with E-state index in [1.54, 1.807) is 7.11 Å². The lowest BCUT2D eigenvalue weighted by Gasteiger charge is -2.31. The molecule has 0 unspecified atom stereocenters. The summed E-state index contributed by atoms with van der Waals surface area (Å²) in [4.78, 5) is 8.97. The van der Waals surface area contributed by atoms with E-state index < -0.39 is 0 Å². The van der Waals surface area contributed by atoms with Gasteiger partial charge in [-0.1, -0.05) is 30.3 Å². The largest absolute Gasteiger partial charge is 0.497 e. The van der Waals surface area contributed by atoms with E-state index in [4.69, 9.17) is 9.47 Å². The van der Waals surface area contributed by atoms with Gasteiger partial charge in [0.25, 0.3) is 0 Å². The number of ether oxygens (including phenoxy) is 2. The van der Waals surface area contributed by atoms with Crippen LogP contribution >= 0.6 is 0 Å². The van der Waals surface area contributed by atoms with Gasteiger partial charge in [-0.05, 0) is 29.3 Å². The minimum atomic E-state index is 0.729. The summed E-state index contributed by atoms with van der Waals surface area (Å²) in [6, 6.07) is 16.7. The van der Waals surface area contributed by atoms with Crippen molar-refractivity contribution in [3.63, 3.8) is 0 Å². The van der Waals surface area contributed by atoms with Crippen LogP contribution in [0.3, 0.4) is 0 Å². The maximum absolute atomic E-state index is 5.49. The summed E-state index contributed by atoms with van der Waals surface area (Å²) in [6.07, 6.45) is 0. The number of hydrogen-bond donors (Lipinski definition) is 1. The SMILES string of the molecule is CN=C(NCc1ccccc1N1CCOCC1)N(C)Cc1ccc(OC)cc1. The van der Waals surface area contributed by atoms with Crippen LogP contribution in [0.25, 0.3) is 0 Å². The Kier molecular flexibility index (Phi) is 7.14. The van der Waals surface area contributed by atoms with Gasteiger partial charge in [0.05, 0.1) is 20.3 Å². The van der Waals surface area contributed by atoms with Crippen LogP contribution in [0.5, 0.6) is 5.75 Å². The summed E-state index contributed by atoms with van der Waals surface area (Å²) >= 11 is 0. The Bertz CT molecular complexity index is 770. The number of nitrogens with one attached hydrogen (secondary N) is 1. The lowest BCUT2D eigenvalue weighted by molar-refractivity contribution is 0.122. The lowest BCUT2D eigenvalue weighted by Crippen LogP contribution is -2.39. The second kappa shape index (κ2) is 9.99. The molecule has 6 nitrogen and oxygen atoms in total. The van der Waals surface area contributed by atoms with E-state index in [0.717, 1.165) is 51.1 Å². The van der Waals surface area contributed by atoms with Crippen LogP contribution < -0.4 is 15.0 Å². The summed E-state index contributed by atoms with van der Waals surface area (Å²) < 4.78 is 10.7. The number of hydrogen-bond acceptors (Lipinski definition) is 4. The second-order valence-corrected chi connectivity index (χ2v) is 6.83. The second-order valence-electron chi connectivity index (χ2n) is 6.83. The van der Waals surface area contributed by atoms with Crippen molar-refractivity contribution in [2.75, 3.05) is 52.4 Å². The van der Waals surface area contributed by atoms with Crippen molar-refractivity contribution in [3.05, 3.63) is 59.7 Å². The van der Waals surface area contributed by atoms with E-state index in [9.17, 15) is 0 Å². The third-order valence-electron chi connectivity index (χ3n) is 4.93. The van der Waals surface area contributed by atoms with Gasteiger partial charge in [0, 0.05) is 46.0 Å². The molecule has 1 N–H and O–H groups in total. The van der Waals surface area contributed by atoms with Crippen molar-refractivity contribution in [2.45, 2.75) is 13.1 Å². The minimum absolute atomic E-state index is 0.729. The number of anilines is 1. The fourth-order valence-corrected chi connectivity index (χ4v) is 3.41. The zero-order valence-corrected chi connectivity index (χ0v) is 17.0. The highest BCUT2D eigenvalue weighted by atomic mass is 16.5. The van der Waals surface area contributed by atoms with Crippen molar-refractivity contribution < 1.29 is 9.47 Å². The molecule has 2 aromatic rings. The molecule has 1 aliphatic rings. The molecule has 1 saturated heterocycles. The quantitative estimate of drug-likeness (QED) is 0.615. The van der Waals surface area contributed by atoms with Crippen molar-refractivity contribution in [1.82, 2.24) is 10.2 Å². The number of morpholine rings is 1. The van der Waals surface area contributed by atoms with Gasteiger partial charge in [0.15, 0.2) is 5.96 Å². The molecule has 1 aliphatic heterocycles. The molecular formula is C22H30N4O2. The van der Waals surface area contributed by atoms with Gasteiger partial charge in [-0.15, -0.1) is 0 Å². The predicted octanol–water partition coefficient (Wildman–Crippen LogP) is 2.74. The van der Waals surface area contributed by atoms with Gasteiger partial charge in [-0.3, -0.25) is 4.99 Å². The first-order valence-corrected chi connectivity index (χ1v) is 9.66. The molecule has 0 saturated carbocycles. The van der Waals surface area contributed by atoms with Gasteiger partial charge in [0.1, 0.15) is 5.75 Å². The molecule has 28 heavy (non-hydrogen) atoms. The summed E-state index contributed by atoms with van der Waals surface area (Å²) in [5.41, 5.74) is 3.75. The molecule has 1 fully saturated rings. The van der Waals surface area contributed by atoms with E-state index in [2.05, 4.69) is 56.5 Å². The zero-order valence-electron chi connectivity index (χ0n) is 17.0. The fourth-order valence-electron chi connectivity index (χ4n) is 3.41. The van der Waals surface area contributed by atoms with E-state index >= 15 is 0 Å². The predicted molar refractivity (Wildman–Crippen MR) is 114 cm³/mol. The van der Waals surface area contributed by atoms with Crippen LogP contribution in [0.4, 0.5) is 5.69 Å². The molecule has 0 aromatic heterocycles. The molecule has 0 aliphatic carbocycles. The Balaban J connectivity index is 1.62. The Hall–Kier alpha value is -2.73. The summed E-state index contributed by atoms with van der Waals surface area (Å²) in [6.45, 7) is 4.94. The maximum Gasteiger partial charge on any atom is 0.193 e. The van der Waals surface area contributed by atoms with Crippen LogP contribution in [-0.2, 0) is 17.8 Å². The molecule has 0 spiro atoms. The van der Waals surface area contributed by atoms with Crippen LogP contribution in [0.2, 0.25) is 0 Å². The smallest absolute Gasteiger partial charge is 0.193 e. The van der Waals surface area contributed by atoms with Crippen molar-refractivity contribution in [2.24, 2.45) is 4.99 Å². The average molecular weight is 383 g/mol. The molecule has 0 atom stereocenters. The Labute approximate surface area is 167 Å². The summed E-state index contributed by atoms with van der Waals surface area (Å²) in [5.74, 6) is 1.74. The first-order valence-electron chi connectivity index (χ1n) is 9.66. The molecular weight excluding hydrogens is 352 g/mol. The van der Waals surface area contributed by atoms with E-state index in [-0.39, 0.29) is 0 Å². The molecule has 0 bridgehead atoms. The van der Waals surface area contributed by atoms with Gasteiger partial charge in [-0.25, -0.2) is 0 Å². The Morgan fingerprint density at radius 1 is 1.14 bits per heavy atom. The number of para-hydroxylation sites is 1. The molecule has 6 heteroatoms. The number of rotatable bonds is 6. The van der Waals surface area contributed by atoms with Crippen LogP contribution in [0.15, 0.2) is 53.5 Å². The van der Waals surface area contributed by atoms with E-state index in [0.29, 0.717) is 0 Å². The van der Waals surface area contributed by atoms with E-state index in [1.807, 2.05) is 26.2 Å². The number of aliphatic imine (C=N–C) groups is 1. The molecule has 0 radical (unpaired) electrons. The average Bonchev–Trinajstić information content (AvgIpc) is 2.75. The molecule has 150 valence electrons. The van der Waals surface area contributed by atoms with Crippen molar-refractivity contribution in [3.8, 4) is 5.75 Å². The molecule has 1 heterocycles. The van der Waals surface area contributed by atoms with Gasteiger partial charge in [-0.2, -0.15) is 0 Å². The van der Waals surface area contributed by atoms with Crippen molar-refractivity contribution in [1.29, 1.82) is 0 Å². The first-order chi connectivity index (χ1) is 13.7. The fraction of sp³-hybridized carbons (Fsp3) is 0.409. The molecule has 3 rings (SSSR count). The minimum Gasteiger partial charge on any atom is -0.497 e. The van der Waals surface area contributed by atoms with E-state index in [1.165, 1.54) is 16.8 Å². The van der Waals surface area contributed by atoms with Gasteiger partial charge < -0.3 is 24.6 Å². The maximum atomic E-state index is 5.49. The van der Waals surface area contributed by atoms with Crippen LogP contribution in [0.1, 0.15) is 11.1 Å².